The van der Waals surface area contributed by atoms with E-state index in [0.29, 0.717) is 12.0 Å². The van der Waals surface area contributed by atoms with Gasteiger partial charge in [-0.2, -0.15) is 5.26 Å². The second-order valence-corrected chi connectivity index (χ2v) is 6.77. The van der Waals surface area contributed by atoms with Gasteiger partial charge in [0.2, 0.25) is 5.91 Å². The first-order valence-corrected chi connectivity index (χ1v) is 9.08. The molecule has 0 aromatic heterocycles. The summed E-state index contributed by atoms with van der Waals surface area (Å²) in [5.74, 6) is 0.0829. The number of carbonyl (C=O) groups is 2. The number of alkyl carbamates (subject to hydrolysis) is 1. The minimum absolute atomic E-state index is 0.0954. The highest BCUT2D eigenvalue weighted by Gasteiger charge is 2.21. The van der Waals surface area contributed by atoms with Crippen molar-refractivity contribution in [3.05, 3.63) is 34.3 Å². The number of nitrogens with one attached hydrogen (secondary N) is 2. The number of carbonyl (C=O) groups excluding carboxylic acids is 2. The molecule has 1 rings (SSSR count). The first kappa shape index (κ1) is 21.6. The predicted octanol–water partition coefficient (Wildman–Crippen LogP) is 3.00. The average molecular weight is 423 g/mol. The molecular weight excluding hydrogens is 400 g/mol. The lowest BCUT2D eigenvalue weighted by Gasteiger charge is -2.17. The van der Waals surface area contributed by atoms with Crippen LogP contribution >= 0.6 is 15.9 Å². The fourth-order valence-electron chi connectivity index (χ4n) is 2.12. The molecule has 1 atom stereocenters. The Labute approximate surface area is 162 Å². The standard InChI is InChI=1S/C18H23BrN4O3/c1-4-26-18(25)23-16(13-5-7-14(19)8-6-13)22-15(11-12(2)3)17(24)21-10-9-20/h5-8,12,15H,4,10-11H2,1-3H3,(H,21,24)(H,22,23,25)/t15-/m0/s1. The van der Waals surface area contributed by atoms with Crippen LogP contribution in [0.3, 0.4) is 0 Å². The number of halogens is 1. The maximum Gasteiger partial charge on any atom is 0.412 e. The molecule has 0 saturated carbocycles. The van der Waals surface area contributed by atoms with Crippen molar-refractivity contribution < 1.29 is 14.3 Å². The van der Waals surface area contributed by atoms with Crippen LogP contribution in [0.2, 0.25) is 0 Å². The Kier molecular flexibility index (Phi) is 9.37. The third-order valence-electron chi connectivity index (χ3n) is 3.24. The molecule has 2 N–H and O–H groups in total. The number of hydrogen-bond donors (Lipinski definition) is 2. The molecule has 0 fully saturated rings. The molecule has 0 aliphatic carbocycles. The van der Waals surface area contributed by atoms with Crippen molar-refractivity contribution in [3.8, 4) is 6.07 Å². The lowest BCUT2D eigenvalue weighted by Crippen LogP contribution is -2.38. The largest absolute Gasteiger partial charge is 0.450 e. The van der Waals surface area contributed by atoms with Crippen LogP contribution in [-0.2, 0) is 9.53 Å². The lowest BCUT2D eigenvalue weighted by molar-refractivity contribution is -0.122. The van der Waals surface area contributed by atoms with E-state index in [4.69, 9.17) is 10.00 Å². The zero-order chi connectivity index (χ0) is 19.5. The van der Waals surface area contributed by atoms with Crippen LogP contribution in [0.25, 0.3) is 0 Å². The van der Waals surface area contributed by atoms with E-state index >= 15 is 0 Å². The van der Waals surface area contributed by atoms with Crippen molar-refractivity contribution in [1.82, 2.24) is 10.6 Å². The summed E-state index contributed by atoms with van der Waals surface area (Å²) in [5.41, 5.74) is 0.642. The van der Waals surface area contributed by atoms with Gasteiger partial charge < -0.3 is 10.1 Å². The number of amides is 2. The maximum absolute atomic E-state index is 12.3. The van der Waals surface area contributed by atoms with Gasteiger partial charge in [0.25, 0.3) is 0 Å². The second kappa shape index (κ2) is 11.3. The Morgan fingerprint density at radius 3 is 2.50 bits per heavy atom. The van der Waals surface area contributed by atoms with E-state index in [2.05, 4.69) is 31.6 Å². The molecule has 1 aromatic carbocycles. The van der Waals surface area contributed by atoms with Crippen LogP contribution in [0.4, 0.5) is 4.79 Å². The number of ether oxygens (including phenoxy) is 1. The zero-order valence-electron chi connectivity index (χ0n) is 15.1. The highest BCUT2D eigenvalue weighted by Crippen LogP contribution is 2.14. The van der Waals surface area contributed by atoms with Gasteiger partial charge in [0, 0.05) is 10.0 Å². The van der Waals surface area contributed by atoms with Gasteiger partial charge in [0.15, 0.2) is 0 Å². The van der Waals surface area contributed by atoms with Gasteiger partial charge in [0.05, 0.1) is 12.7 Å². The summed E-state index contributed by atoms with van der Waals surface area (Å²) in [7, 11) is 0. The molecule has 8 heteroatoms. The molecule has 0 bridgehead atoms. The zero-order valence-corrected chi connectivity index (χ0v) is 16.7. The molecule has 140 valence electrons. The average Bonchev–Trinajstić information content (AvgIpc) is 2.59. The number of amidine groups is 1. The van der Waals surface area contributed by atoms with Gasteiger partial charge >= 0.3 is 6.09 Å². The van der Waals surface area contributed by atoms with Crippen molar-refractivity contribution in [2.24, 2.45) is 10.9 Å². The summed E-state index contributed by atoms with van der Waals surface area (Å²) in [6, 6.07) is 8.31. The van der Waals surface area contributed by atoms with Crippen LogP contribution in [0.1, 0.15) is 32.8 Å². The van der Waals surface area contributed by atoms with E-state index < -0.39 is 12.1 Å². The van der Waals surface area contributed by atoms with Crippen LogP contribution in [0.5, 0.6) is 0 Å². The summed E-state index contributed by atoms with van der Waals surface area (Å²) in [6.45, 7) is 5.77. The van der Waals surface area contributed by atoms with E-state index in [1.807, 2.05) is 32.0 Å². The predicted molar refractivity (Wildman–Crippen MR) is 103 cm³/mol. The molecule has 0 saturated heterocycles. The fourth-order valence-corrected chi connectivity index (χ4v) is 2.38. The quantitative estimate of drug-likeness (QED) is 0.400. The van der Waals surface area contributed by atoms with Gasteiger partial charge in [-0.1, -0.05) is 41.9 Å². The Morgan fingerprint density at radius 1 is 1.31 bits per heavy atom. The third-order valence-corrected chi connectivity index (χ3v) is 3.77. The van der Waals surface area contributed by atoms with E-state index in [1.54, 1.807) is 19.1 Å². The van der Waals surface area contributed by atoms with Gasteiger partial charge in [-0.05, 0) is 31.4 Å². The summed E-state index contributed by atoms with van der Waals surface area (Å²) >= 11 is 3.36. The first-order chi connectivity index (χ1) is 12.4. The Balaban J connectivity index is 3.19. The van der Waals surface area contributed by atoms with E-state index in [1.165, 1.54) is 0 Å². The molecule has 7 nitrogen and oxygen atoms in total. The topological polar surface area (TPSA) is 104 Å². The molecule has 26 heavy (non-hydrogen) atoms. The molecule has 0 heterocycles. The molecule has 0 aliphatic rings. The van der Waals surface area contributed by atoms with Crippen LogP contribution in [-0.4, -0.2) is 37.0 Å². The van der Waals surface area contributed by atoms with Gasteiger partial charge in [-0.3, -0.25) is 15.1 Å². The summed E-state index contributed by atoms with van der Waals surface area (Å²) < 4.78 is 5.80. The molecule has 0 unspecified atom stereocenters. The van der Waals surface area contributed by atoms with Crippen molar-refractivity contribution in [3.63, 3.8) is 0 Å². The van der Waals surface area contributed by atoms with Crippen LogP contribution < -0.4 is 10.6 Å². The smallest absolute Gasteiger partial charge is 0.412 e. The van der Waals surface area contributed by atoms with Gasteiger partial charge in [-0.25, -0.2) is 4.79 Å². The van der Waals surface area contributed by atoms with E-state index in [-0.39, 0.29) is 30.8 Å². The molecule has 0 spiro atoms. The number of nitriles is 1. The normalized spacial score (nSPS) is 12.2. The molecule has 0 radical (unpaired) electrons. The van der Waals surface area contributed by atoms with Crippen LogP contribution in [0.15, 0.2) is 33.7 Å². The number of rotatable bonds is 7. The first-order valence-electron chi connectivity index (χ1n) is 8.29. The Morgan fingerprint density at radius 2 is 1.96 bits per heavy atom. The minimum Gasteiger partial charge on any atom is -0.450 e. The minimum atomic E-state index is -0.732. The summed E-state index contributed by atoms with van der Waals surface area (Å²) in [4.78, 5) is 28.7. The molecule has 0 aliphatic heterocycles. The SMILES string of the molecule is CCOC(=O)NC(=N[C@@H](CC(C)C)C(=O)NCC#N)c1ccc(Br)cc1. The Hall–Kier alpha value is -2.40. The van der Waals surface area contributed by atoms with E-state index in [0.717, 1.165) is 4.47 Å². The summed E-state index contributed by atoms with van der Waals surface area (Å²) in [6.07, 6.45) is -0.170. The lowest BCUT2D eigenvalue weighted by atomic mass is 10.0. The van der Waals surface area contributed by atoms with E-state index in [9.17, 15) is 9.59 Å². The molecular formula is C18H23BrN4O3. The second-order valence-electron chi connectivity index (χ2n) is 5.85. The van der Waals surface area contributed by atoms with Crippen molar-refractivity contribution in [2.45, 2.75) is 33.2 Å². The number of nitrogens with zero attached hydrogens (tertiary/aromatic N) is 2. The maximum atomic E-state index is 12.3. The molecule has 1 aromatic rings. The highest BCUT2D eigenvalue weighted by atomic mass is 79.9. The number of benzene rings is 1. The third kappa shape index (κ3) is 7.66. The van der Waals surface area contributed by atoms with Gasteiger partial charge in [0.1, 0.15) is 18.4 Å². The van der Waals surface area contributed by atoms with Crippen LogP contribution in [0, 0.1) is 17.2 Å². The number of hydrogen-bond acceptors (Lipinski definition) is 5. The summed E-state index contributed by atoms with van der Waals surface area (Å²) in [5, 5.41) is 13.8. The van der Waals surface area contributed by atoms with Crippen molar-refractivity contribution >= 4 is 33.8 Å². The monoisotopic (exact) mass is 422 g/mol. The highest BCUT2D eigenvalue weighted by molar-refractivity contribution is 9.10. The number of aliphatic imine (C=N–C) groups is 1. The Bertz CT molecular complexity index is 681. The van der Waals surface area contributed by atoms with Crippen molar-refractivity contribution in [2.75, 3.05) is 13.2 Å². The molecule has 2 amide bonds. The van der Waals surface area contributed by atoms with Gasteiger partial charge in [-0.15, -0.1) is 0 Å². The van der Waals surface area contributed by atoms with Crippen molar-refractivity contribution in [1.29, 1.82) is 5.26 Å². The fraction of sp³-hybridized carbons (Fsp3) is 0.444.